The van der Waals surface area contributed by atoms with Crippen LogP contribution in [0.5, 0.6) is 5.75 Å². The monoisotopic (exact) mass is 305 g/mol. The van der Waals surface area contributed by atoms with Crippen molar-refractivity contribution in [3.05, 3.63) is 59.7 Å². The molecule has 2 aromatic rings. The van der Waals surface area contributed by atoms with Crippen molar-refractivity contribution in [1.29, 1.82) is 0 Å². The molecule has 1 aromatic carbocycles. The number of hydrogen-bond donors (Lipinski definition) is 0. The van der Waals surface area contributed by atoms with E-state index < -0.39 is 12.6 Å². The van der Waals surface area contributed by atoms with Crippen LogP contribution in [0.4, 0.5) is 8.78 Å². The van der Waals surface area contributed by atoms with Crippen LogP contribution in [0.3, 0.4) is 0 Å². The first-order valence-electron chi connectivity index (χ1n) is 6.24. The van der Waals surface area contributed by atoms with Crippen LogP contribution in [0.25, 0.3) is 6.08 Å². The summed E-state index contributed by atoms with van der Waals surface area (Å²) in [6, 6.07) is 9.23. The van der Waals surface area contributed by atoms with Gasteiger partial charge in [0.2, 0.25) is 5.90 Å². The highest BCUT2D eigenvalue weighted by Gasteiger charge is 2.27. The van der Waals surface area contributed by atoms with Crippen LogP contribution in [-0.4, -0.2) is 18.5 Å². The Kier molecular flexibility index (Phi) is 3.69. The Morgan fingerprint density at radius 2 is 2.00 bits per heavy atom. The second kappa shape index (κ2) is 5.80. The highest BCUT2D eigenvalue weighted by atomic mass is 19.3. The first-order chi connectivity index (χ1) is 10.6. The lowest BCUT2D eigenvalue weighted by Crippen LogP contribution is -2.10. The number of benzene rings is 1. The molecule has 5 nitrogen and oxygen atoms in total. The predicted octanol–water partition coefficient (Wildman–Crippen LogP) is 3.23. The maximum atomic E-state index is 12.4. The summed E-state index contributed by atoms with van der Waals surface area (Å²) in [4.78, 5) is 15.8. The minimum atomic E-state index is -2.99. The molecule has 0 fully saturated rings. The van der Waals surface area contributed by atoms with E-state index in [1.165, 1.54) is 30.5 Å². The normalized spacial score (nSPS) is 16.0. The van der Waals surface area contributed by atoms with Crippen molar-refractivity contribution in [2.45, 2.75) is 6.61 Å². The van der Waals surface area contributed by atoms with E-state index in [-0.39, 0.29) is 22.9 Å². The lowest BCUT2D eigenvalue weighted by molar-refractivity contribution is -0.129. The SMILES string of the molecule is O=C1OC(c2ccccc2OC(F)F)=N/C1=C\c1ccco1. The molecule has 0 radical (unpaired) electrons. The van der Waals surface area contributed by atoms with Gasteiger partial charge in [-0.25, -0.2) is 9.79 Å². The highest BCUT2D eigenvalue weighted by molar-refractivity contribution is 6.13. The quantitative estimate of drug-likeness (QED) is 0.643. The Labute approximate surface area is 123 Å². The Morgan fingerprint density at radius 1 is 1.18 bits per heavy atom. The molecule has 0 bridgehead atoms. The molecule has 1 aliphatic heterocycles. The fraction of sp³-hybridized carbons (Fsp3) is 0.0667. The van der Waals surface area contributed by atoms with Gasteiger partial charge in [-0.05, 0) is 24.3 Å². The van der Waals surface area contributed by atoms with Crippen molar-refractivity contribution in [2.24, 2.45) is 4.99 Å². The first-order valence-corrected chi connectivity index (χ1v) is 6.24. The standard InChI is InChI=1S/C15H9F2NO4/c16-15(17)21-12-6-2-1-5-10(12)13-18-11(14(19)22-13)8-9-4-3-7-20-9/h1-8,15H/b11-8-. The number of esters is 1. The number of hydrogen-bond acceptors (Lipinski definition) is 5. The Bertz CT molecular complexity index is 751. The number of alkyl halides is 2. The van der Waals surface area contributed by atoms with Crippen LogP contribution in [0.1, 0.15) is 11.3 Å². The zero-order chi connectivity index (χ0) is 15.5. The van der Waals surface area contributed by atoms with E-state index in [9.17, 15) is 13.6 Å². The molecular weight excluding hydrogens is 296 g/mol. The van der Waals surface area contributed by atoms with E-state index >= 15 is 0 Å². The van der Waals surface area contributed by atoms with E-state index in [0.717, 1.165) is 0 Å². The molecule has 0 amide bonds. The van der Waals surface area contributed by atoms with Crippen molar-refractivity contribution in [3.8, 4) is 5.75 Å². The third-order valence-electron chi connectivity index (χ3n) is 2.78. The minimum Gasteiger partial charge on any atom is -0.465 e. The second-order valence-corrected chi connectivity index (χ2v) is 4.23. The summed E-state index contributed by atoms with van der Waals surface area (Å²) in [6.45, 7) is -2.99. The minimum absolute atomic E-state index is 0.0109. The molecule has 7 heteroatoms. The van der Waals surface area contributed by atoms with Gasteiger partial charge in [0.15, 0.2) is 5.70 Å². The molecule has 1 aromatic heterocycles. The van der Waals surface area contributed by atoms with E-state index in [1.807, 2.05) is 0 Å². The summed E-state index contributed by atoms with van der Waals surface area (Å²) >= 11 is 0. The second-order valence-electron chi connectivity index (χ2n) is 4.23. The summed E-state index contributed by atoms with van der Waals surface area (Å²) in [6.07, 6.45) is 2.84. The summed E-state index contributed by atoms with van der Waals surface area (Å²) in [5, 5.41) is 0. The van der Waals surface area contributed by atoms with Crippen LogP contribution >= 0.6 is 0 Å². The first kappa shape index (κ1) is 14.0. The highest BCUT2D eigenvalue weighted by Crippen LogP contribution is 2.26. The third kappa shape index (κ3) is 2.88. The van der Waals surface area contributed by atoms with Crippen molar-refractivity contribution < 1.29 is 27.5 Å². The number of nitrogens with zero attached hydrogens (tertiary/aromatic N) is 1. The van der Waals surface area contributed by atoms with E-state index in [1.54, 1.807) is 18.2 Å². The number of aliphatic imine (C=N–C) groups is 1. The van der Waals surface area contributed by atoms with Crippen molar-refractivity contribution in [2.75, 3.05) is 0 Å². The fourth-order valence-electron chi connectivity index (χ4n) is 1.87. The Balaban J connectivity index is 1.95. The summed E-state index contributed by atoms with van der Waals surface area (Å²) < 4.78 is 39.3. The summed E-state index contributed by atoms with van der Waals surface area (Å²) in [5.41, 5.74) is 0.177. The van der Waals surface area contributed by atoms with E-state index in [4.69, 9.17) is 9.15 Å². The number of ether oxygens (including phenoxy) is 2. The maximum Gasteiger partial charge on any atom is 0.387 e. The van der Waals surface area contributed by atoms with Gasteiger partial charge in [-0.3, -0.25) is 0 Å². The molecule has 0 unspecified atom stereocenters. The molecular formula is C15H9F2NO4. The van der Waals surface area contributed by atoms with Gasteiger partial charge in [-0.1, -0.05) is 12.1 Å². The van der Waals surface area contributed by atoms with Crippen molar-refractivity contribution >= 4 is 17.9 Å². The van der Waals surface area contributed by atoms with Crippen molar-refractivity contribution in [3.63, 3.8) is 0 Å². The molecule has 0 saturated carbocycles. The number of carbonyl (C=O) groups excluding carboxylic acids is 1. The molecule has 112 valence electrons. The summed E-state index contributed by atoms with van der Waals surface area (Å²) in [7, 11) is 0. The largest absolute Gasteiger partial charge is 0.465 e. The Morgan fingerprint density at radius 3 is 2.73 bits per heavy atom. The van der Waals surface area contributed by atoms with Gasteiger partial charge in [0.05, 0.1) is 11.8 Å². The van der Waals surface area contributed by atoms with Crippen LogP contribution in [-0.2, 0) is 9.53 Å². The Hall–Kier alpha value is -2.96. The van der Waals surface area contributed by atoms with Crippen LogP contribution in [0, 0.1) is 0 Å². The molecule has 22 heavy (non-hydrogen) atoms. The van der Waals surface area contributed by atoms with Gasteiger partial charge in [0.1, 0.15) is 11.5 Å². The lowest BCUT2D eigenvalue weighted by atomic mass is 10.2. The van der Waals surface area contributed by atoms with Gasteiger partial charge in [-0.2, -0.15) is 8.78 Å². The van der Waals surface area contributed by atoms with E-state index in [2.05, 4.69) is 9.73 Å². The van der Waals surface area contributed by atoms with Crippen molar-refractivity contribution in [1.82, 2.24) is 0 Å². The zero-order valence-electron chi connectivity index (χ0n) is 11.0. The zero-order valence-corrected chi connectivity index (χ0v) is 11.0. The topological polar surface area (TPSA) is 61.0 Å². The average Bonchev–Trinajstić information content (AvgIpc) is 3.10. The van der Waals surface area contributed by atoms with Crippen LogP contribution in [0.15, 0.2) is 57.8 Å². The van der Waals surface area contributed by atoms with Crippen LogP contribution < -0.4 is 4.74 Å². The predicted molar refractivity (Wildman–Crippen MR) is 72.4 cm³/mol. The molecule has 2 heterocycles. The van der Waals surface area contributed by atoms with Gasteiger partial charge >= 0.3 is 12.6 Å². The number of carbonyl (C=O) groups is 1. The van der Waals surface area contributed by atoms with Gasteiger partial charge in [0, 0.05) is 6.08 Å². The molecule has 0 N–H and O–H groups in total. The van der Waals surface area contributed by atoms with Crippen LogP contribution in [0.2, 0.25) is 0 Å². The summed E-state index contributed by atoms with van der Waals surface area (Å²) in [5.74, 6) is -0.491. The van der Waals surface area contributed by atoms with Gasteiger partial charge in [-0.15, -0.1) is 0 Å². The smallest absolute Gasteiger partial charge is 0.387 e. The third-order valence-corrected chi connectivity index (χ3v) is 2.78. The van der Waals surface area contributed by atoms with E-state index in [0.29, 0.717) is 5.76 Å². The number of rotatable bonds is 4. The maximum absolute atomic E-state index is 12.4. The number of cyclic esters (lactones) is 1. The number of halogens is 2. The lowest BCUT2D eigenvalue weighted by Gasteiger charge is -2.08. The number of para-hydroxylation sites is 1. The molecule has 0 spiro atoms. The molecule has 0 aliphatic carbocycles. The van der Waals surface area contributed by atoms with Gasteiger partial charge < -0.3 is 13.9 Å². The molecule has 3 rings (SSSR count). The average molecular weight is 305 g/mol. The molecule has 0 atom stereocenters. The van der Waals surface area contributed by atoms with Gasteiger partial charge in [0.25, 0.3) is 0 Å². The fourth-order valence-corrected chi connectivity index (χ4v) is 1.87. The molecule has 1 aliphatic rings. The molecule has 0 saturated heterocycles. The number of furan rings is 1.